The average Bonchev–Trinajstić information content (AvgIpc) is 2.46. The van der Waals surface area contributed by atoms with Crippen LogP contribution in [0.25, 0.3) is 0 Å². The molecule has 0 aliphatic heterocycles. The van der Waals surface area contributed by atoms with E-state index in [0.29, 0.717) is 6.54 Å². The molecular formula is C16H23ClN2O. The molecule has 1 aromatic carbocycles. The third-order valence-corrected chi connectivity index (χ3v) is 4.60. The van der Waals surface area contributed by atoms with E-state index in [1.165, 1.54) is 19.3 Å². The SMILES string of the molecule is CC(N)C(=O)NCC1(c2ccccc2Cl)CCCCC1. The van der Waals surface area contributed by atoms with E-state index in [9.17, 15) is 4.79 Å². The summed E-state index contributed by atoms with van der Waals surface area (Å²) in [6.07, 6.45) is 5.75. The van der Waals surface area contributed by atoms with Gasteiger partial charge < -0.3 is 11.1 Å². The molecular weight excluding hydrogens is 272 g/mol. The minimum Gasteiger partial charge on any atom is -0.354 e. The Morgan fingerprint density at radius 3 is 2.60 bits per heavy atom. The second kappa shape index (κ2) is 6.59. The van der Waals surface area contributed by atoms with Gasteiger partial charge in [0.25, 0.3) is 0 Å². The number of halogens is 1. The first kappa shape index (κ1) is 15.3. The van der Waals surface area contributed by atoms with Gasteiger partial charge in [0, 0.05) is 17.0 Å². The van der Waals surface area contributed by atoms with Gasteiger partial charge in [-0.3, -0.25) is 4.79 Å². The Bertz CT molecular complexity index is 467. The van der Waals surface area contributed by atoms with Crippen molar-refractivity contribution in [3.63, 3.8) is 0 Å². The second-order valence-electron chi connectivity index (χ2n) is 5.83. The summed E-state index contributed by atoms with van der Waals surface area (Å²) in [5.74, 6) is -0.0954. The second-order valence-corrected chi connectivity index (χ2v) is 6.23. The molecule has 110 valence electrons. The average molecular weight is 295 g/mol. The summed E-state index contributed by atoms with van der Waals surface area (Å²) in [4.78, 5) is 11.8. The smallest absolute Gasteiger partial charge is 0.236 e. The Morgan fingerprint density at radius 1 is 1.35 bits per heavy atom. The van der Waals surface area contributed by atoms with Crippen LogP contribution in [0.15, 0.2) is 24.3 Å². The van der Waals surface area contributed by atoms with Crippen LogP contribution in [0.3, 0.4) is 0 Å². The molecule has 1 aliphatic carbocycles. The van der Waals surface area contributed by atoms with Gasteiger partial charge in [-0.15, -0.1) is 0 Å². The Kier molecular flexibility index (Phi) is 5.06. The number of carbonyl (C=O) groups is 1. The number of nitrogens with two attached hydrogens (primary N) is 1. The summed E-state index contributed by atoms with van der Waals surface area (Å²) in [5.41, 5.74) is 6.74. The van der Waals surface area contributed by atoms with Crippen LogP contribution >= 0.6 is 11.6 Å². The molecule has 20 heavy (non-hydrogen) atoms. The Labute approximate surface area is 125 Å². The number of amides is 1. The van der Waals surface area contributed by atoms with Gasteiger partial charge in [0.05, 0.1) is 6.04 Å². The number of hydrogen-bond donors (Lipinski definition) is 2. The Balaban J connectivity index is 2.22. The van der Waals surface area contributed by atoms with E-state index in [2.05, 4.69) is 11.4 Å². The lowest BCUT2D eigenvalue weighted by atomic mass is 9.69. The van der Waals surface area contributed by atoms with Crippen LogP contribution in [0.4, 0.5) is 0 Å². The van der Waals surface area contributed by atoms with Gasteiger partial charge in [-0.1, -0.05) is 49.1 Å². The lowest BCUT2D eigenvalue weighted by molar-refractivity contribution is -0.122. The molecule has 0 spiro atoms. The first-order valence-corrected chi connectivity index (χ1v) is 7.71. The van der Waals surface area contributed by atoms with Crippen LogP contribution in [-0.4, -0.2) is 18.5 Å². The minimum atomic E-state index is -0.470. The summed E-state index contributed by atoms with van der Waals surface area (Å²) in [5, 5.41) is 3.79. The first-order valence-electron chi connectivity index (χ1n) is 7.33. The number of nitrogens with one attached hydrogen (secondary N) is 1. The molecule has 0 aromatic heterocycles. The van der Waals surface area contributed by atoms with Crippen molar-refractivity contribution in [3.05, 3.63) is 34.9 Å². The van der Waals surface area contributed by atoms with Gasteiger partial charge in [0.1, 0.15) is 0 Å². The van der Waals surface area contributed by atoms with E-state index >= 15 is 0 Å². The summed E-state index contributed by atoms with van der Waals surface area (Å²) in [7, 11) is 0. The molecule has 1 saturated carbocycles. The van der Waals surface area contributed by atoms with Crippen LogP contribution in [0.1, 0.15) is 44.6 Å². The van der Waals surface area contributed by atoms with E-state index in [4.69, 9.17) is 17.3 Å². The van der Waals surface area contributed by atoms with Gasteiger partial charge in [-0.2, -0.15) is 0 Å². The number of hydrogen-bond acceptors (Lipinski definition) is 2. The standard InChI is InChI=1S/C16H23ClN2O/c1-12(18)15(20)19-11-16(9-5-2-6-10-16)13-7-3-4-8-14(13)17/h3-4,7-8,12H,2,5-6,9-11,18H2,1H3,(H,19,20). The zero-order valence-electron chi connectivity index (χ0n) is 12.0. The molecule has 1 aliphatic rings. The maximum Gasteiger partial charge on any atom is 0.236 e. The molecule has 3 nitrogen and oxygen atoms in total. The number of carbonyl (C=O) groups excluding carboxylic acids is 1. The lowest BCUT2D eigenvalue weighted by Crippen LogP contribution is -2.46. The van der Waals surface area contributed by atoms with Crippen molar-refractivity contribution < 1.29 is 4.79 Å². The number of benzene rings is 1. The van der Waals surface area contributed by atoms with Crippen molar-refractivity contribution >= 4 is 17.5 Å². The molecule has 4 heteroatoms. The van der Waals surface area contributed by atoms with E-state index in [1.54, 1.807) is 6.92 Å². The van der Waals surface area contributed by atoms with Crippen molar-refractivity contribution in [2.24, 2.45) is 5.73 Å². The van der Waals surface area contributed by atoms with Crippen LogP contribution in [0, 0.1) is 0 Å². The fourth-order valence-electron chi connectivity index (χ4n) is 3.08. The quantitative estimate of drug-likeness (QED) is 0.897. The van der Waals surface area contributed by atoms with E-state index in [0.717, 1.165) is 23.4 Å². The van der Waals surface area contributed by atoms with Gasteiger partial charge in [-0.25, -0.2) is 0 Å². The molecule has 2 rings (SSSR count). The van der Waals surface area contributed by atoms with Gasteiger partial charge in [0.2, 0.25) is 5.91 Å². The summed E-state index contributed by atoms with van der Waals surface area (Å²) in [6.45, 7) is 2.33. The predicted molar refractivity (Wildman–Crippen MR) is 82.9 cm³/mol. The summed E-state index contributed by atoms with van der Waals surface area (Å²) >= 11 is 6.39. The molecule has 0 bridgehead atoms. The maximum absolute atomic E-state index is 11.8. The van der Waals surface area contributed by atoms with Gasteiger partial charge in [0.15, 0.2) is 0 Å². The fourth-order valence-corrected chi connectivity index (χ4v) is 3.41. The molecule has 0 heterocycles. The van der Waals surface area contributed by atoms with Crippen molar-refractivity contribution in [1.29, 1.82) is 0 Å². The molecule has 1 unspecified atom stereocenters. The van der Waals surface area contributed by atoms with Crippen molar-refractivity contribution in [2.75, 3.05) is 6.54 Å². The fraction of sp³-hybridized carbons (Fsp3) is 0.562. The zero-order chi connectivity index (χ0) is 14.6. The molecule has 1 amide bonds. The largest absolute Gasteiger partial charge is 0.354 e. The minimum absolute atomic E-state index is 0.0405. The van der Waals surface area contributed by atoms with Crippen LogP contribution in [-0.2, 0) is 10.2 Å². The van der Waals surface area contributed by atoms with E-state index in [-0.39, 0.29) is 11.3 Å². The molecule has 1 atom stereocenters. The van der Waals surface area contributed by atoms with Gasteiger partial charge in [-0.05, 0) is 31.4 Å². The van der Waals surface area contributed by atoms with Crippen LogP contribution in [0.5, 0.6) is 0 Å². The van der Waals surface area contributed by atoms with Gasteiger partial charge >= 0.3 is 0 Å². The topological polar surface area (TPSA) is 55.1 Å². The van der Waals surface area contributed by atoms with E-state index in [1.807, 2.05) is 18.2 Å². The molecule has 0 saturated heterocycles. The summed E-state index contributed by atoms with van der Waals surface area (Å²) in [6, 6.07) is 7.52. The molecule has 3 N–H and O–H groups in total. The third-order valence-electron chi connectivity index (χ3n) is 4.27. The zero-order valence-corrected chi connectivity index (χ0v) is 12.7. The van der Waals surface area contributed by atoms with E-state index < -0.39 is 6.04 Å². The number of rotatable bonds is 4. The lowest BCUT2D eigenvalue weighted by Gasteiger charge is -2.38. The highest BCUT2D eigenvalue weighted by molar-refractivity contribution is 6.31. The molecule has 0 radical (unpaired) electrons. The van der Waals surface area contributed by atoms with Crippen molar-refractivity contribution in [1.82, 2.24) is 5.32 Å². The van der Waals surface area contributed by atoms with Crippen molar-refractivity contribution in [2.45, 2.75) is 50.5 Å². The van der Waals surface area contributed by atoms with Crippen molar-refractivity contribution in [3.8, 4) is 0 Å². The van der Waals surface area contributed by atoms with Crippen LogP contribution < -0.4 is 11.1 Å². The first-order chi connectivity index (χ1) is 9.55. The van der Waals surface area contributed by atoms with Crippen LogP contribution in [0.2, 0.25) is 5.02 Å². The monoisotopic (exact) mass is 294 g/mol. The maximum atomic E-state index is 11.8. The summed E-state index contributed by atoms with van der Waals surface area (Å²) < 4.78 is 0. The molecule has 1 aromatic rings. The normalized spacial score (nSPS) is 19.4. The predicted octanol–water partition coefficient (Wildman–Crippen LogP) is 3.01. The molecule has 1 fully saturated rings. The Morgan fingerprint density at radius 2 is 2.00 bits per heavy atom. The highest BCUT2D eigenvalue weighted by Crippen LogP contribution is 2.41. The highest BCUT2D eigenvalue weighted by atomic mass is 35.5. The Hall–Kier alpha value is -1.06. The highest BCUT2D eigenvalue weighted by Gasteiger charge is 2.35. The third kappa shape index (κ3) is 3.33.